The zero-order valence-electron chi connectivity index (χ0n) is 9.10. The van der Waals surface area contributed by atoms with Gasteiger partial charge in [0.05, 0.1) is 5.69 Å². The number of amides is 3. The van der Waals surface area contributed by atoms with Crippen LogP contribution in [0.2, 0.25) is 0 Å². The van der Waals surface area contributed by atoms with E-state index >= 15 is 0 Å². The molecular weight excluding hydrogens is 223 g/mol. The summed E-state index contributed by atoms with van der Waals surface area (Å²) < 4.78 is 13.5. The van der Waals surface area contributed by atoms with Crippen LogP contribution in [0.1, 0.15) is 0 Å². The maximum absolute atomic E-state index is 13.5. The van der Waals surface area contributed by atoms with Crippen molar-refractivity contribution >= 4 is 17.6 Å². The van der Waals surface area contributed by atoms with Gasteiger partial charge in [0.2, 0.25) is 0 Å². The Morgan fingerprint density at radius 1 is 1.35 bits per heavy atom. The lowest BCUT2D eigenvalue weighted by Gasteiger charge is -2.16. The zero-order valence-corrected chi connectivity index (χ0v) is 9.10. The Balaban J connectivity index is 2.34. The molecule has 0 bridgehead atoms. The second kappa shape index (κ2) is 4.37. The minimum Gasteiger partial charge on any atom is -0.311 e. The standard InChI is InChI=1S/C12H11FN2O2/c1-2-7-14-8-11(16)15(12(14)17)10-6-4-3-5-9(10)13/h2-6H,1,7-8H2. The smallest absolute Gasteiger partial charge is 0.311 e. The fourth-order valence-electron chi connectivity index (χ4n) is 1.72. The van der Waals surface area contributed by atoms with Crippen molar-refractivity contribution in [1.82, 2.24) is 4.90 Å². The largest absolute Gasteiger partial charge is 0.332 e. The molecule has 3 amide bonds. The lowest BCUT2D eigenvalue weighted by molar-refractivity contribution is -0.116. The van der Waals surface area contributed by atoms with E-state index in [4.69, 9.17) is 0 Å². The molecule has 1 aromatic carbocycles. The molecule has 1 aromatic rings. The fourth-order valence-corrected chi connectivity index (χ4v) is 1.72. The predicted octanol–water partition coefficient (Wildman–Crippen LogP) is 1.78. The van der Waals surface area contributed by atoms with Gasteiger partial charge in [-0.1, -0.05) is 18.2 Å². The van der Waals surface area contributed by atoms with Gasteiger partial charge >= 0.3 is 6.03 Å². The number of carbonyl (C=O) groups excluding carboxylic acids is 2. The van der Waals surface area contributed by atoms with Crippen molar-refractivity contribution in [2.75, 3.05) is 18.0 Å². The minimum absolute atomic E-state index is 0.00550. The third-order valence-corrected chi connectivity index (χ3v) is 2.48. The van der Waals surface area contributed by atoms with Gasteiger partial charge in [-0.15, -0.1) is 6.58 Å². The van der Waals surface area contributed by atoms with E-state index in [1.54, 1.807) is 6.07 Å². The minimum atomic E-state index is -0.588. The summed E-state index contributed by atoms with van der Waals surface area (Å²) >= 11 is 0. The SMILES string of the molecule is C=CCN1CC(=O)N(c2ccccc2F)C1=O. The summed E-state index contributed by atoms with van der Waals surface area (Å²) in [6.45, 7) is 3.73. The monoisotopic (exact) mass is 234 g/mol. The number of anilines is 1. The van der Waals surface area contributed by atoms with Crippen molar-refractivity contribution < 1.29 is 14.0 Å². The lowest BCUT2D eigenvalue weighted by Crippen LogP contribution is -2.33. The van der Waals surface area contributed by atoms with Crippen LogP contribution >= 0.6 is 0 Å². The summed E-state index contributed by atoms with van der Waals surface area (Å²) in [6.07, 6.45) is 1.52. The van der Waals surface area contributed by atoms with E-state index in [1.165, 1.54) is 29.2 Å². The van der Waals surface area contributed by atoms with E-state index in [1.807, 2.05) is 0 Å². The molecule has 0 saturated carbocycles. The second-order valence-corrected chi connectivity index (χ2v) is 3.63. The van der Waals surface area contributed by atoms with Crippen LogP contribution in [-0.2, 0) is 4.79 Å². The molecule has 1 aliphatic heterocycles. The molecule has 17 heavy (non-hydrogen) atoms. The predicted molar refractivity (Wildman–Crippen MR) is 61.1 cm³/mol. The first-order chi connectivity index (χ1) is 8.15. The number of benzene rings is 1. The maximum Gasteiger partial charge on any atom is 0.332 e. The van der Waals surface area contributed by atoms with Gasteiger partial charge in [-0.3, -0.25) is 4.79 Å². The quantitative estimate of drug-likeness (QED) is 0.591. The Hall–Kier alpha value is -2.17. The summed E-state index contributed by atoms with van der Waals surface area (Å²) in [5.74, 6) is -1.02. The Morgan fingerprint density at radius 3 is 2.71 bits per heavy atom. The average molecular weight is 234 g/mol. The number of imide groups is 1. The number of carbonyl (C=O) groups is 2. The third-order valence-electron chi connectivity index (χ3n) is 2.48. The van der Waals surface area contributed by atoms with E-state index in [2.05, 4.69) is 6.58 Å². The highest BCUT2D eigenvalue weighted by Crippen LogP contribution is 2.23. The number of hydrogen-bond acceptors (Lipinski definition) is 2. The number of nitrogens with zero attached hydrogens (tertiary/aromatic N) is 2. The Kier molecular flexibility index (Phi) is 2.91. The van der Waals surface area contributed by atoms with Crippen molar-refractivity contribution in [2.45, 2.75) is 0 Å². The molecular formula is C12H11FN2O2. The molecule has 2 rings (SSSR count). The highest BCUT2D eigenvalue weighted by atomic mass is 19.1. The molecule has 5 heteroatoms. The van der Waals surface area contributed by atoms with Crippen molar-refractivity contribution in [3.05, 3.63) is 42.7 Å². The van der Waals surface area contributed by atoms with Crippen molar-refractivity contribution in [3.8, 4) is 0 Å². The van der Waals surface area contributed by atoms with Gasteiger partial charge in [0, 0.05) is 6.54 Å². The van der Waals surface area contributed by atoms with Gasteiger partial charge in [-0.25, -0.2) is 14.1 Å². The topological polar surface area (TPSA) is 40.6 Å². The van der Waals surface area contributed by atoms with Crippen molar-refractivity contribution in [2.24, 2.45) is 0 Å². The van der Waals surface area contributed by atoms with Crippen molar-refractivity contribution in [1.29, 1.82) is 0 Å². The molecule has 88 valence electrons. The second-order valence-electron chi connectivity index (χ2n) is 3.63. The zero-order chi connectivity index (χ0) is 12.4. The summed E-state index contributed by atoms with van der Waals surface area (Å²) in [4.78, 5) is 25.7. The van der Waals surface area contributed by atoms with Gasteiger partial charge in [0.1, 0.15) is 12.4 Å². The van der Waals surface area contributed by atoms with Crippen LogP contribution < -0.4 is 4.90 Å². The number of para-hydroxylation sites is 1. The molecule has 4 nitrogen and oxygen atoms in total. The average Bonchev–Trinajstić information content (AvgIpc) is 2.57. The van der Waals surface area contributed by atoms with Gasteiger partial charge in [-0.2, -0.15) is 0 Å². The molecule has 0 spiro atoms. The Morgan fingerprint density at radius 2 is 2.06 bits per heavy atom. The highest BCUT2D eigenvalue weighted by Gasteiger charge is 2.37. The molecule has 0 aromatic heterocycles. The molecule has 0 radical (unpaired) electrons. The summed E-state index contributed by atoms with van der Waals surface area (Å²) in [7, 11) is 0. The summed E-state index contributed by atoms with van der Waals surface area (Å²) in [5.41, 5.74) is -0.00550. The molecule has 0 N–H and O–H groups in total. The van der Waals surface area contributed by atoms with Crippen molar-refractivity contribution in [3.63, 3.8) is 0 Å². The molecule has 0 aliphatic carbocycles. The van der Waals surface area contributed by atoms with E-state index in [0.29, 0.717) is 0 Å². The van der Waals surface area contributed by atoms with E-state index < -0.39 is 17.8 Å². The van der Waals surface area contributed by atoms with Crippen LogP contribution in [0.15, 0.2) is 36.9 Å². The molecule has 1 heterocycles. The van der Waals surface area contributed by atoms with Gasteiger partial charge in [-0.05, 0) is 12.1 Å². The molecule has 1 fully saturated rings. The maximum atomic E-state index is 13.5. The lowest BCUT2D eigenvalue weighted by atomic mass is 10.3. The number of rotatable bonds is 3. The van der Waals surface area contributed by atoms with Gasteiger partial charge < -0.3 is 4.90 Å². The molecule has 1 saturated heterocycles. The summed E-state index contributed by atoms with van der Waals surface area (Å²) in [5, 5.41) is 0. The number of halogens is 1. The third kappa shape index (κ3) is 1.91. The van der Waals surface area contributed by atoms with E-state index in [0.717, 1.165) is 4.90 Å². The normalized spacial score (nSPS) is 15.6. The Bertz CT molecular complexity index is 487. The van der Waals surface area contributed by atoms with Gasteiger partial charge in [0.25, 0.3) is 5.91 Å². The highest BCUT2D eigenvalue weighted by molar-refractivity contribution is 6.19. The van der Waals surface area contributed by atoms with Crippen LogP contribution in [0.3, 0.4) is 0 Å². The molecule has 0 atom stereocenters. The first-order valence-electron chi connectivity index (χ1n) is 5.12. The molecule has 0 unspecified atom stereocenters. The van der Waals surface area contributed by atoms with Crippen LogP contribution in [0.5, 0.6) is 0 Å². The van der Waals surface area contributed by atoms with Crippen LogP contribution in [0, 0.1) is 5.82 Å². The summed E-state index contributed by atoms with van der Waals surface area (Å²) in [6, 6.07) is 5.19. The van der Waals surface area contributed by atoms with E-state index in [-0.39, 0.29) is 18.8 Å². The van der Waals surface area contributed by atoms with Crippen LogP contribution in [0.25, 0.3) is 0 Å². The Labute approximate surface area is 97.9 Å². The van der Waals surface area contributed by atoms with Crippen LogP contribution in [-0.4, -0.2) is 29.9 Å². The number of hydrogen-bond donors (Lipinski definition) is 0. The van der Waals surface area contributed by atoms with Gasteiger partial charge in [0.15, 0.2) is 0 Å². The van der Waals surface area contributed by atoms with E-state index in [9.17, 15) is 14.0 Å². The molecule has 1 aliphatic rings. The first kappa shape index (κ1) is 11.3. The number of urea groups is 1. The van der Waals surface area contributed by atoms with Crippen LogP contribution in [0.4, 0.5) is 14.9 Å². The fraction of sp³-hybridized carbons (Fsp3) is 0.167. The first-order valence-corrected chi connectivity index (χ1v) is 5.12.